The Labute approximate surface area is 160 Å². The van der Waals surface area contributed by atoms with Gasteiger partial charge in [-0.05, 0) is 42.7 Å². The van der Waals surface area contributed by atoms with Gasteiger partial charge in [0.25, 0.3) is 0 Å². The molecule has 0 saturated heterocycles. The van der Waals surface area contributed by atoms with E-state index in [-0.39, 0.29) is 11.8 Å². The Balaban J connectivity index is 1.80. The van der Waals surface area contributed by atoms with E-state index in [1.807, 2.05) is 61.5 Å². The van der Waals surface area contributed by atoms with Crippen molar-refractivity contribution in [3.05, 3.63) is 71.8 Å². The standard InChI is InChI=1S/C22H26N2O3/c1-3-15-23-22(26)17(2)24-21(25)14-11-18-9-12-20(13-10-18)27-16-19-7-5-4-6-8-19/h4-14,17H,3,15-16H2,1-2H3,(H,23,26)(H,24,25)/b14-11+. The summed E-state index contributed by atoms with van der Waals surface area (Å²) in [6, 6.07) is 16.9. The van der Waals surface area contributed by atoms with Gasteiger partial charge < -0.3 is 15.4 Å². The van der Waals surface area contributed by atoms with Crippen molar-refractivity contribution in [1.29, 1.82) is 0 Å². The molecule has 2 N–H and O–H groups in total. The van der Waals surface area contributed by atoms with Gasteiger partial charge >= 0.3 is 0 Å². The molecule has 2 aromatic rings. The zero-order chi connectivity index (χ0) is 19.5. The number of benzene rings is 2. The molecule has 1 atom stereocenters. The Kier molecular flexibility index (Phi) is 8.10. The van der Waals surface area contributed by atoms with E-state index in [2.05, 4.69) is 10.6 Å². The van der Waals surface area contributed by atoms with Gasteiger partial charge in [0.1, 0.15) is 18.4 Å². The largest absolute Gasteiger partial charge is 0.489 e. The fourth-order valence-electron chi connectivity index (χ4n) is 2.32. The lowest BCUT2D eigenvalue weighted by atomic mass is 10.2. The maximum atomic E-state index is 11.9. The smallest absolute Gasteiger partial charge is 0.244 e. The number of carbonyl (C=O) groups excluding carboxylic acids is 2. The molecule has 0 aliphatic carbocycles. The minimum absolute atomic E-state index is 0.182. The van der Waals surface area contributed by atoms with Crippen LogP contribution < -0.4 is 15.4 Å². The second kappa shape index (κ2) is 10.8. The maximum absolute atomic E-state index is 11.9. The third kappa shape index (κ3) is 7.36. The van der Waals surface area contributed by atoms with Crippen LogP contribution in [0.3, 0.4) is 0 Å². The normalized spacial score (nSPS) is 11.8. The number of hydrogen-bond acceptors (Lipinski definition) is 3. The molecule has 0 aromatic heterocycles. The van der Waals surface area contributed by atoms with Crippen molar-refractivity contribution in [2.45, 2.75) is 32.9 Å². The number of ether oxygens (including phenoxy) is 1. The molecule has 2 rings (SSSR count). The third-order valence-electron chi connectivity index (χ3n) is 3.86. The number of hydrogen-bond donors (Lipinski definition) is 2. The van der Waals surface area contributed by atoms with Gasteiger partial charge in [0.2, 0.25) is 11.8 Å². The van der Waals surface area contributed by atoms with Crippen molar-refractivity contribution in [2.75, 3.05) is 6.54 Å². The van der Waals surface area contributed by atoms with E-state index in [9.17, 15) is 9.59 Å². The zero-order valence-corrected chi connectivity index (χ0v) is 15.8. The van der Waals surface area contributed by atoms with Crippen LogP contribution in [0.1, 0.15) is 31.4 Å². The zero-order valence-electron chi connectivity index (χ0n) is 15.8. The van der Waals surface area contributed by atoms with Crippen LogP contribution in [0.2, 0.25) is 0 Å². The Morgan fingerprint density at radius 2 is 1.78 bits per heavy atom. The number of carbonyl (C=O) groups is 2. The first-order valence-electron chi connectivity index (χ1n) is 9.11. The lowest BCUT2D eigenvalue weighted by Crippen LogP contribution is -2.44. The second-order valence-electron chi connectivity index (χ2n) is 6.20. The highest BCUT2D eigenvalue weighted by Crippen LogP contribution is 2.15. The van der Waals surface area contributed by atoms with E-state index < -0.39 is 6.04 Å². The van der Waals surface area contributed by atoms with Crippen molar-refractivity contribution in [3.63, 3.8) is 0 Å². The molecule has 5 nitrogen and oxygen atoms in total. The molecule has 27 heavy (non-hydrogen) atoms. The maximum Gasteiger partial charge on any atom is 0.244 e. The Hall–Kier alpha value is -3.08. The molecule has 0 aliphatic heterocycles. The van der Waals surface area contributed by atoms with Crippen molar-refractivity contribution in [1.82, 2.24) is 10.6 Å². The molecule has 0 spiro atoms. The van der Waals surface area contributed by atoms with E-state index in [4.69, 9.17) is 4.74 Å². The van der Waals surface area contributed by atoms with E-state index in [1.54, 1.807) is 13.0 Å². The van der Waals surface area contributed by atoms with Crippen molar-refractivity contribution in [2.24, 2.45) is 0 Å². The molecule has 0 fully saturated rings. The quantitative estimate of drug-likeness (QED) is 0.669. The molecule has 0 bridgehead atoms. The minimum Gasteiger partial charge on any atom is -0.489 e. The Morgan fingerprint density at radius 3 is 2.44 bits per heavy atom. The van der Waals surface area contributed by atoms with Crippen molar-refractivity contribution >= 4 is 17.9 Å². The number of rotatable bonds is 9. The van der Waals surface area contributed by atoms with Crippen LogP contribution in [0.15, 0.2) is 60.7 Å². The summed E-state index contributed by atoms with van der Waals surface area (Å²) in [5.41, 5.74) is 1.98. The van der Waals surface area contributed by atoms with Crippen LogP contribution in [0.5, 0.6) is 5.75 Å². The van der Waals surface area contributed by atoms with Crippen LogP contribution in [0.4, 0.5) is 0 Å². The monoisotopic (exact) mass is 366 g/mol. The average Bonchev–Trinajstić information content (AvgIpc) is 2.70. The highest BCUT2D eigenvalue weighted by atomic mass is 16.5. The number of nitrogens with one attached hydrogen (secondary N) is 2. The van der Waals surface area contributed by atoms with E-state index in [1.165, 1.54) is 6.08 Å². The molecular weight excluding hydrogens is 340 g/mol. The molecule has 2 aromatic carbocycles. The van der Waals surface area contributed by atoms with Crippen LogP contribution in [0.25, 0.3) is 6.08 Å². The van der Waals surface area contributed by atoms with E-state index in [0.717, 1.165) is 23.3 Å². The lowest BCUT2D eigenvalue weighted by Gasteiger charge is -2.12. The molecular formula is C22H26N2O3. The van der Waals surface area contributed by atoms with Crippen molar-refractivity contribution in [3.8, 4) is 5.75 Å². The van der Waals surface area contributed by atoms with Gasteiger partial charge in [0.05, 0.1) is 0 Å². The van der Waals surface area contributed by atoms with Gasteiger partial charge in [-0.25, -0.2) is 0 Å². The predicted octanol–water partition coefficient (Wildman–Crippen LogP) is 3.31. The van der Waals surface area contributed by atoms with E-state index >= 15 is 0 Å². The van der Waals surface area contributed by atoms with Gasteiger partial charge in [-0.2, -0.15) is 0 Å². The van der Waals surface area contributed by atoms with Gasteiger partial charge in [0.15, 0.2) is 0 Å². The Morgan fingerprint density at radius 1 is 1.07 bits per heavy atom. The molecule has 0 heterocycles. The summed E-state index contributed by atoms with van der Waals surface area (Å²) < 4.78 is 5.74. The summed E-state index contributed by atoms with van der Waals surface area (Å²) in [6.07, 6.45) is 3.98. The topological polar surface area (TPSA) is 67.4 Å². The van der Waals surface area contributed by atoms with Gasteiger partial charge in [-0.3, -0.25) is 9.59 Å². The SMILES string of the molecule is CCCNC(=O)C(C)NC(=O)/C=C/c1ccc(OCc2ccccc2)cc1. The summed E-state index contributed by atoms with van der Waals surface area (Å²) >= 11 is 0. The highest BCUT2D eigenvalue weighted by Gasteiger charge is 2.12. The third-order valence-corrected chi connectivity index (χ3v) is 3.86. The first-order valence-corrected chi connectivity index (χ1v) is 9.11. The van der Waals surface area contributed by atoms with E-state index in [0.29, 0.717) is 13.2 Å². The fourth-order valence-corrected chi connectivity index (χ4v) is 2.32. The summed E-state index contributed by atoms with van der Waals surface area (Å²) in [4.78, 5) is 23.7. The molecule has 0 aliphatic rings. The summed E-state index contributed by atoms with van der Waals surface area (Å²) in [5, 5.41) is 5.40. The van der Waals surface area contributed by atoms with Gasteiger partial charge in [0, 0.05) is 12.6 Å². The molecule has 2 amide bonds. The first kappa shape index (κ1) is 20.2. The summed E-state index contributed by atoms with van der Waals surface area (Å²) in [5.74, 6) is 0.277. The van der Waals surface area contributed by atoms with Crippen LogP contribution in [-0.2, 0) is 16.2 Å². The van der Waals surface area contributed by atoms with Gasteiger partial charge in [-0.15, -0.1) is 0 Å². The van der Waals surface area contributed by atoms with Crippen LogP contribution in [-0.4, -0.2) is 24.4 Å². The molecule has 0 saturated carbocycles. The highest BCUT2D eigenvalue weighted by molar-refractivity contribution is 5.95. The lowest BCUT2D eigenvalue weighted by molar-refractivity contribution is -0.126. The van der Waals surface area contributed by atoms with Crippen LogP contribution >= 0.6 is 0 Å². The molecule has 0 radical (unpaired) electrons. The second-order valence-corrected chi connectivity index (χ2v) is 6.20. The summed E-state index contributed by atoms with van der Waals surface area (Å²) in [7, 11) is 0. The Bertz CT molecular complexity index is 755. The van der Waals surface area contributed by atoms with Crippen LogP contribution in [0, 0.1) is 0 Å². The molecule has 1 unspecified atom stereocenters. The predicted molar refractivity (Wildman–Crippen MR) is 107 cm³/mol. The molecule has 5 heteroatoms. The average molecular weight is 366 g/mol. The molecule has 142 valence electrons. The number of amides is 2. The van der Waals surface area contributed by atoms with Gasteiger partial charge in [-0.1, -0.05) is 49.4 Å². The fraction of sp³-hybridized carbons (Fsp3) is 0.273. The van der Waals surface area contributed by atoms with Crippen molar-refractivity contribution < 1.29 is 14.3 Å². The minimum atomic E-state index is -0.567. The first-order chi connectivity index (χ1) is 13.1. The summed E-state index contributed by atoms with van der Waals surface area (Å²) in [6.45, 7) is 4.75.